The predicted molar refractivity (Wildman–Crippen MR) is 95.4 cm³/mol. The molecule has 1 aromatic carbocycles. The molecule has 6 nitrogen and oxygen atoms in total. The molecule has 1 aliphatic rings. The number of non-ortho nitro benzene ring substituents is 1. The van der Waals surface area contributed by atoms with E-state index in [4.69, 9.17) is 4.42 Å². The van der Waals surface area contributed by atoms with Crippen molar-refractivity contribution in [3.8, 4) is 0 Å². The average molecular weight is 331 g/mol. The van der Waals surface area contributed by atoms with Crippen LogP contribution in [0.3, 0.4) is 0 Å². The third kappa shape index (κ3) is 4.35. The van der Waals surface area contributed by atoms with Crippen LogP contribution in [0, 0.1) is 17.0 Å². The normalized spacial score (nSPS) is 14.9. The molecule has 6 heteroatoms. The van der Waals surface area contributed by atoms with Crippen LogP contribution in [-0.2, 0) is 6.54 Å². The van der Waals surface area contributed by atoms with E-state index in [9.17, 15) is 10.1 Å². The van der Waals surface area contributed by atoms with Crippen LogP contribution in [0.25, 0.3) is 0 Å². The maximum atomic E-state index is 10.7. The van der Waals surface area contributed by atoms with E-state index in [0.717, 1.165) is 44.2 Å². The number of nitrogens with zero attached hydrogens (tertiary/aromatic N) is 3. The van der Waals surface area contributed by atoms with Crippen LogP contribution >= 0.6 is 0 Å². The van der Waals surface area contributed by atoms with Crippen molar-refractivity contribution in [3.63, 3.8) is 0 Å². The van der Waals surface area contributed by atoms with E-state index >= 15 is 0 Å². The summed E-state index contributed by atoms with van der Waals surface area (Å²) in [7, 11) is 0. The number of anilines is 1. The Morgan fingerprint density at radius 1 is 1.08 bits per heavy atom. The fourth-order valence-electron chi connectivity index (χ4n) is 2.72. The summed E-state index contributed by atoms with van der Waals surface area (Å²) in [5.41, 5.74) is 2.37. The van der Waals surface area contributed by atoms with E-state index < -0.39 is 0 Å². The first kappa shape index (κ1) is 18.0. The Bertz CT molecular complexity index is 644. The van der Waals surface area contributed by atoms with E-state index in [-0.39, 0.29) is 10.6 Å². The first-order valence-corrected chi connectivity index (χ1v) is 8.38. The van der Waals surface area contributed by atoms with Crippen LogP contribution in [-0.4, -0.2) is 36.0 Å². The van der Waals surface area contributed by atoms with Crippen molar-refractivity contribution < 1.29 is 9.34 Å². The summed E-state index contributed by atoms with van der Waals surface area (Å²) < 4.78 is 5.49. The molecule has 1 aromatic heterocycles. The molecule has 0 saturated carbocycles. The summed E-state index contributed by atoms with van der Waals surface area (Å²) >= 11 is 0. The van der Waals surface area contributed by atoms with Crippen LogP contribution in [0.4, 0.5) is 11.4 Å². The van der Waals surface area contributed by atoms with E-state index in [2.05, 4.69) is 16.7 Å². The number of piperazine rings is 1. The van der Waals surface area contributed by atoms with Gasteiger partial charge < -0.3 is 9.32 Å². The molecule has 0 atom stereocenters. The van der Waals surface area contributed by atoms with Crippen LogP contribution in [0.1, 0.15) is 25.2 Å². The summed E-state index contributed by atoms with van der Waals surface area (Å²) in [5.74, 6) is 1.03. The van der Waals surface area contributed by atoms with Gasteiger partial charge in [0.2, 0.25) is 0 Å². The fourth-order valence-corrected chi connectivity index (χ4v) is 2.72. The van der Waals surface area contributed by atoms with E-state index in [0.29, 0.717) is 0 Å². The molecule has 2 aromatic rings. The lowest BCUT2D eigenvalue weighted by molar-refractivity contribution is -0.384. The molecule has 2 heterocycles. The zero-order chi connectivity index (χ0) is 17.5. The number of nitro groups is 1. The number of furan rings is 1. The second-order valence-corrected chi connectivity index (χ2v) is 5.56. The topological polar surface area (TPSA) is 62.8 Å². The summed E-state index contributed by atoms with van der Waals surface area (Å²) in [4.78, 5) is 14.9. The van der Waals surface area contributed by atoms with Crippen LogP contribution < -0.4 is 4.90 Å². The van der Waals surface area contributed by atoms with Crippen molar-refractivity contribution in [2.75, 3.05) is 31.1 Å². The van der Waals surface area contributed by atoms with Gasteiger partial charge in [-0.1, -0.05) is 13.8 Å². The second-order valence-electron chi connectivity index (χ2n) is 5.56. The Balaban J connectivity index is 0.00000100. The maximum Gasteiger partial charge on any atom is 0.269 e. The molecule has 0 aliphatic carbocycles. The second kappa shape index (κ2) is 8.49. The van der Waals surface area contributed by atoms with Gasteiger partial charge in [-0.15, -0.1) is 0 Å². The van der Waals surface area contributed by atoms with Crippen molar-refractivity contribution in [2.24, 2.45) is 0 Å². The number of hydrogen-bond donors (Lipinski definition) is 0. The lowest BCUT2D eigenvalue weighted by atomic mass is 10.2. The van der Waals surface area contributed by atoms with E-state index in [1.165, 1.54) is 5.56 Å². The van der Waals surface area contributed by atoms with Crippen LogP contribution in [0.5, 0.6) is 0 Å². The third-order valence-electron chi connectivity index (χ3n) is 4.13. The van der Waals surface area contributed by atoms with Gasteiger partial charge in [0, 0.05) is 44.0 Å². The van der Waals surface area contributed by atoms with Crippen LogP contribution in [0.15, 0.2) is 41.0 Å². The van der Waals surface area contributed by atoms with Gasteiger partial charge in [0.1, 0.15) is 5.76 Å². The Labute approximate surface area is 142 Å². The van der Waals surface area contributed by atoms with Crippen LogP contribution in [0.2, 0.25) is 0 Å². The van der Waals surface area contributed by atoms with Gasteiger partial charge in [0.15, 0.2) is 0 Å². The van der Waals surface area contributed by atoms with Gasteiger partial charge in [-0.25, -0.2) is 0 Å². The highest BCUT2D eigenvalue weighted by atomic mass is 16.6. The zero-order valence-electron chi connectivity index (χ0n) is 14.6. The third-order valence-corrected chi connectivity index (χ3v) is 4.13. The van der Waals surface area contributed by atoms with Gasteiger partial charge in [0.25, 0.3) is 5.69 Å². The summed E-state index contributed by atoms with van der Waals surface area (Å²) in [6.07, 6.45) is 1.73. The molecular weight excluding hydrogens is 306 g/mol. The predicted octanol–water partition coefficient (Wildman–Crippen LogP) is 3.84. The van der Waals surface area contributed by atoms with E-state index in [1.807, 2.05) is 32.0 Å². The largest absolute Gasteiger partial charge is 0.468 e. The molecule has 3 rings (SSSR count). The zero-order valence-corrected chi connectivity index (χ0v) is 14.6. The standard InChI is InChI=1S/C16H19N3O3.C2H6/c1-13-6-11-22-16(13)12-17-7-9-18(10-8-17)14-2-4-15(5-3-14)19(20)21;1-2/h2-6,11H,7-10,12H2,1H3;1-2H3. The molecule has 1 saturated heterocycles. The SMILES string of the molecule is CC.Cc1ccoc1CN1CCN(c2ccc([N+](=O)[O-])cc2)CC1. The molecular formula is C18H25N3O3. The Morgan fingerprint density at radius 3 is 2.21 bits per heavy atom. The molecule has 130 valence electrons. The van der Waals surface area contributed by atoms with Gasteiger partial charge in [-0.2, -0.15) is 0 Å². The lowest BCUT2D eigenvalue weighted by Gasteiger charge is -2.35. The Hall–Kier alpha value is -2.34. The number of rotatable bonds is 4. The quantitative estimate of drug-likeness (QED) is 0.629. The molecule has 0 spiro atoms. The van der Waals surface area contributed by atoms with Crippen molar-refractivity contribution in [2.45, 2.75) is 27.3 Å². The minimum atomic E-state index is -0.368. The highest BCUT2D eigenvalue weighted by Gasteiger charge is 2.19. The molecule has 0 unspecified atom stereocenters. The molecule has 24 heavy (non-hydrogen) atoms. The molecule has 0 amide bonds. The minimum absolute atomic E-state index is 0.135. The van der Waals surface area contributed by atoms with Gasteiger partial charge in [-0.05, 0) is 30.7 Å². The molecule has 0 bridgehead atoms. The fraction of sp³-hybridized carbons (Fsp3) is 0.444. The van der Waals surface area contributed by atoms with E-state index in [1.54, 1.807) is 18.4 Å². The smallest absolute Gasteiger partial charge is 0.269 e. The molecule has 1 fully saturated rings. The highest BCUT2D eigenvalue weighted by molar-refractivity contribution is 5.51. The first-order valence-electron chi connectivity index (χ1n) is 8.38. The van der Waals surface area contributed by atoms with Crippen molar-refractivity contribution in [1.82, 2.24) is 4.90 Å². The van der Waals surface area contributed by atoms with Gasteiger partial charge in [-0.3, -0.25) is 15.0 Å². The number of nitro benzene ring substituents is 1. The summed E-state index contributed by atoms with van der Waals surface area (Å²) in [6, 6.07) is 8.76. The van der Waals surface area contributed by atoms with Gasteiger partial charge >= 0.3 is 0 Å². The highest BCUT2D eigenvalue weighted by Crippen LogP contribution is 2.21. The molecule has 0 radical (unpaired) electrons. The van der Waals surface area contributed by atoms with Crippen molar-refractivity contribution in [1.29, 1.82) is 0 Å². The van der Waals surface area contributed by atoms with Crippen molar-refractivity contribution >= 4 is 11.4 Å². The Kier molecular flexibility index (Phi) is 6.37. The first-order chi connectivity index (χ1) is 11.6. The monoisotopic (exact) mass is 331 g/mol. The molecule has 1 aliphatic heterocycles. The van der Waals surface area contributed by atoms with Gasteiger partial charge in [0.05, 0.1) is 17.7 Å². The number of hydrogen-bond acceptors (Lipinski definition) is 5. The molecule has 0 N–H and O–H groups in total. The van der Waals surface area contributed by atoms with Crippen molar-refractivity contribution in [3.05, 3.63) is 58.0 Å². The minimum Gasteiger partial charge on any atom is -0.468 e. The number of aryl methyl sites for hydroxylation is 1. The Morgan fingerprint density at radius 2 is 1.71 bits per heavy atom. The number of benzene rings is 1. The maximum absolute atomic E-state index is 10.7. The average Bonchev–Trinajstić information content (AvgIpc) is 3.02. The summed E-state index contributed by atoms with van der Waals surface area (Å²) in [5, 5.41) is 10.7. The lowest BCUT2D eigenvalue weighted by Crippen LogP contribution is -2.45. The summed E-state index contributed by atoms with van der Waals surface area (Å²) in [6.45, 7) is 10.6.